The fourth-order valence-corrected chi connectivity index (χ4v) is 3.05. The van der Waals surface area contributed by atoms with E-state index in [-0.39, 0.29) is 5.54 Å². The van der Waals surface area contributed by atoms with Crippen LogP contribution in [0.15, 0.2) is 24.3 Å². The smallest absolute Gasteiger partial charge is 0.0426 e. The van der Waals surface area contributed by atoms with Crippen LogP contribution in [0.2, 0.25) is 5.02 Å². The zero-order valence-corrected chi connectivity index (χ0v) is 11.4. The normalized spacial score (nSPS) is 23.8. The van der Waals surface area contributed by atoms with E-state index in [9.17, 15) is 0 Å². The third-order valence-corrected chi connectivity index (χ3v) is 4.27. The largest absolute Gasteiger partial charge is 0.366 e. The van der Waals surface area contributed by atoms with Crippen LogP contribution in [-0.4, -0.2) is 18.6 Å². The van der Waals surface area contributed by atoms with E-state index in [4.69, 9.17) is 17.3 Å². The van der Waals surface area contributed by atoms with E-state index in [1.54, 1.807) is 0 Å². The molecule has 1 unspecified atom stereocenters. The molecule has 0 saturated carbocycles. The minimum Gasteiger partial charge on any atom is -0.366 e. The van der Waals surface area contributed by atoms with E-state index >= 15 is 0 Å². The van der Waals surface area contributed by atoms with Gasteiger partial charge < -0.3 is 10.6 Å². The Morgan fingerprint density at radius 2 is 2.24 bits per heavy atom. The second-order valence-electron chi connectivity index (χ2n) is 5.36. The summed E-state index contributed by atoms with van der Waals surface area (Å²) in [4.78, 5) is 2.44. The van der Waals surface area contributed by atoms with Crippen LogP contribution in [0, 0.1) is 5.92 Å². The third-order valence-electron chi connectivity index (χ3n) is 4.03. The highest BCUT2D eigenvalue weighted by molar-refractivity contribution is 6.30. The Bertz CT molecular complexity index is 390. The van der Waals surface area contributed by atoms with E-state index in [0.29, 0.717) is 5.92 Å². The minimum atomic E-state index is 0.109. The predicted octanol–water partition coefficient (Wildman–Crippen LogP) is 3.29. The van der Waals surface area contributed by atoms with Gasteiger partial charge in [-0.05, 0) is 57.4 Å². The Labute approximate surface area is 109 Å². The van der Waals surface area contributed by atoms with Gasteiger partial charge in [0.2, 0.25) is 0 Å². The van der Waals surface area contributed by atoms with E-state index in [1.165, 1.54) is 18.5 Å². The lowest BCUT2D eigenvalue weighted by atomic mass is 9.79. The Morgan fingerprint density at radius 3 is 2.88 bits per heavy atom. The van der Waals surface area contributed by atoms with Gasteiger partial charge in [-0.2, -0.15) is 0 Å². The number of nitrogens with zero attached hydrogens (tertiary/aromatic N) is 1. The Balaban J connectivity index is 2.31. The highest BCUT2D eigenvalue weighted by atomic mass is 35.5. The van der Waals surface area contributed by atoms with Crippen molar-refractivity contribution < 1.29 is 0 Å². The van der Waals surface area contributed by atoms with Gasteiger partial charge in [0.25, 0.3) is 0 Å². The topological polar surface area (TPSA) is 29.3 Å². The second-order valence-corrected chi connectivity index (χ2v) is 5.80. The lowest BCUT2D eigenvalue weighted by Crippen LogP contribution is -2.55. The molecule has 94 valence electrons. The molecule has 0 aliphatic carbocycles. The van der Waals surface area contributed by atoms with E-state index in [0.717, 1.165) is 18.1 Å². The summed E-state index contributed by atoms with van der Waals surface area (Å²) in [5.41, 5.74) is 7.21. The monoisotopic (exact) mass is 252 g/mol. The lowest BCUT2D eigenvalue weighted by Gasteiger charge is -2.49. The molecule has 3 heteroatoms. The van der Waals surface area contributed by atoms with Gasteiger partial charge in [0.15, 0.2) is 0 Å². The molecule has 1 aromatic carbocycles. The Kier molecular flexibility index (Phi) is 3.64. The van der Waals surface area contributed by atoms with Gasteiger partial charge in [-0.25, -0.2) is 0 Å². The maximum atomic E-state index is 6.08. The molecule has 0 spiro atoms. The van der Waals surface area contributed by atoms with Crippen LogP contribution in [0.25, 0.3) is 0 Å². The average Bonchev–Trinajstić information content (AvgIpc) is 2.28. The fraction of sp³-hybridized carbons (Fsp3) is 0.571. The molecule has 0 aromatic heterocycles. The van der Waals surface area contributed by atoms with Crippen molar-refractivity contribution in [1.29, 1.82) is 0 Å². The first-order chi connectivity index (χ1) is 8.05. The molecular formula is C14H21ClN2. The van der Waals surface area contributed by atoms with Gasteiger partial charge in [-0.1, -0.05) is 17.7 Å². The predicted molar refractivity (Wildman–Crippen MR) is 74.7 cm³/mol. The van der Waals surface area contributed by atoms with Crippen LogP contribution >= 0.6 is 11.6 Å². The molecular weight excluding hydrogens is 232 g/mol. The van der Waals surface area contributed by atoms with Crippen molar-refractivity contribution in [2.24, 2.45) is 11.7 Å². The van der Waals surface area contributed by atoms with Crippen LogP contribution < -0.4 is 10.6 Å². The van der Waals surface area contributed by atoms with Crippen molar-refractivity contribution in [3.63, 3.8) is 0 Å². The summed E-state index contributed by atoms with van der Waals surface area (Å²) in [5.74, 6) is 0.551. The molecule has 0 amide bonds. The third kappa shape index (κ3) is 2.43. The van der Waals surface area contributed by atoms with Crippen molar-refractivity contribution in [1.82, 2.24) is 0 Å². The molecule has 1 aliphatic heterocycles. The number of benzene rings is 1. The Morgan fingerprint density at radius 1 is 1.47 bits per heavy atom. The molecule has 0 radical (unpaired) electrons. The molecule has 1 fully saturated rings. The van der Waals surface area contributed by atoms with Crippen LogP contribution in [0.4, 0.5) is 5.69 Å². The minimum absolute atomic E-state index is 0.109. The molecule has 1 heterocycles. The molecule has 2 nitrogen and oxygen atoms in total. The number of hydrogen-bond donors (Lipinski definition) is 1. The zero-order valence-electron chi connectivity index (χ0n) is 10.6. The summed E-state index contributed by atoms with van der Waals surface area (Å²) in [6.45, 7) is 6.41. The number of piperidine rings is 1. The van der Waals surface area contributed by atoms with Crippen molar-refractivity contribution in [3.8, 4) is 0 Å². The SMILES string of the molecule is CC1(C)C(CN)CCCN1c1cccc(Cl)c1. The van der Waals surface area contributed by atoms with Crippen LogP contribution in [0.5, 0.6) is 0 Å². The van der Waals surface area contributed by atoms with E-state index in [1.807, 2.05) is 18.2 Å². The molecule has 1 atom stereocenters. The van der Waals surface area contributed by atoms with Crippen LogP contribution in [0.3, 0.4) is 0 Å². The van der Waals surface area contributed by atoms with Crippen LogP contribution in [0.1, 0.15) is 26.7 Å². The highest BCUT2D eigenvalue weighted by Crippen LogP contribution is 2.36. The summed E-state index contributed by atoms with van der Waals surface area (Å²) in [7, 11) is 0. The number of nitrogens with two attached hydrogens (primary N) is 1. The summed E-state index contributed by atoms with van der Waals surface area (Å²) < 4.78 is 0. The van der Waals surface area contributed by atoms with Gasteiger partial charge >= 0.3 is 0 Å². The van der Waals surface area contributed by atoms with E-state index in [2.05, 4.69) is 24.8 Å². The van der Waals surface area contributed by atoms with Gasteiger partial charge in [0.1, 0.15) is 0 Å². The van der Waals surface area contributed by atoms with E-state index < -0.39 is 0 Å². The van der Waals surface area contributed by atoms with Gasteiger partial charge in [-0.15, -0.1) is 0 Å². The first kappa shape index (κ1) is 12.7. The molecule has 17 heavy (non-hydrogen) atoms. The number of anilines is 1. The van der Waals surface area contributed by atoms with Crippen LogP contribution in [-0.2, 0) is 0 Å². The molecule has 1 aliphatic rings. The Hall–Kier alpha value is -0.730. The first-order valence-corrected chi connectivity index (χ1v) is 6.67. The maximum absolute atomic E-state index is 6.08. The second kappa shape index (κ2) is 4.87. The van der Waals surface area contributed by atoms with Crippen molar-refractivity contribution in [2.75, 3.05) is 18.0 Å². The molecule has 1 aromatic rings. The number of rotatable bonds is 2. The average molecular weight is 253 g/mol. The number of hydrogen-bond acceptors (Lipinski definition) is 2. The van der Waals surface area contributed by atoms with Crippen molar-refractivity contribution in [2.45, 2.75) is 32.2 Å². The van der Waals surface area contributed by atoms with Crippen molar-refractivity contribution in [3.05, 3.63) is 29.3 Å². The molecule has 1 saturated heterocycles. The van der Waals surface area contributed by atoms with Gasteiger partial charge in [0.05, 0.1) is 0 Å². The quantitative estimate of drug-likeness (QED) is 0.875. The summed E-state index contributed by atoms with van der Waals surface area (Å²) >= 11 is 6.08. The first-order valence-electron chi connectivity index (χ1n) is 6.29. The molecule has 2 rings (SSSR count). The summed E-state index contributed by atoms with van der Waals surface area (Å²) in [6, 6.07) is 8.11. The van der Waals surface area contributed by atoms with Gasteiger partial charge in [0, 0.05) is 22.8 Å². The number of halogens is 1. The highest BCUT2D eigenvalue weighted by Gasteiger charge is 2.37. The lowest BCUT2D eigenvalue weighted by molar-refractivity contribution is 0.245. The summed E-state index contributed by atoms with van der Waals surface area (Å²) in [6.07, 6.45) is 2.43. The molecule has 0 bridgehead atoms. The fourth-order valence-electron chi connectivity index (χ4n) is 2.87. The summed E-state index contributed by atoms with van der Waals surface area (Å²) in [5, 5.41) is 0.799. The van der Waals surface area contributed by atoms with Crippen molar-refractivity contribution >= 4 is 17.3 Å². The molecule has 2 N–H and O–H groups in total. The standard InChI is InChI=1S/C14H21ClN2/c1-14(2)11(10-16)5-4-8-17(14)13-7-3-6-12(15)9-13/h3,6-7,9,11H,4-5,8,10,16H2,1-2H3. The maximum Gasteiger partial charge on any atom is 0.0426 e. The zero-order chi connectivity index (χ0) is 12.5. The van der Waals surface area contributed by atoms with Gasteiger partial charge in [-0.3, -0.25) is 0 Å².